The molecule has 5 heteroatoms. The molecule has 0 saturated carbocycles. The molecule has 0 saturated heterocycles. The maximum absolute atomic E-state index is 12.9. The van der Waals surface area contributed by atoms with Crippen molar-refractivity contribution in [3.05, 3.63) is 63.5 Å². The zero-order valence-electron chi connectivity index (χ0n) is 15.9. The van der Waals surface area contributed by atoms with Crippen molar-refractivity contribution >= 4 is 22.9 Å². The number of aryl methyl sites for hydroxylation is 3. The second-order valence-corrected chi connectivity index (χ2v) is 8.34. The van der Waals surface area contributed by atoms with E-state index in [-0.39, 0.29) is 5.91 Å². The predicted molar refractivity (Wildman–Crippen MR) is 109 cm³/mol. The van der Waals surface area contributed by atoms with Crippen molar-refractivity contribution in [2.45, 2.75) is 40.3 Å². The van der Waals surface area contributed by atoms with Crippen LogP contribution in [-0.2, 0) is 11.3 Å². The highest BCUT2D eigenvalue weighted by molar-refractivity contribution is 7.11. The van der Waals surface area contributed by atoms with Crippen LogP contribution < -0.4 is 9.64 Å². The molecule has 1 aliphatic rings. The number of ether oxygens (including phenoxy) is 1. The Labute approximate surface area is 163 Å². The van der Waals surface area contributed by atoms with E-state index in [0.29, 0.717) is 6.54 Å². The largest absolute Gasteiger partial charge is 0.479 e. The Morgan fingerprint density at radius 3 is 2.63 bits per heavy atom. The molecule has 2 heterocycles. The highest BCUT2D eigenvalue weighted by Gasteiger charge is 2.32. The molecule has 27 heavy (non-hydrogen) atoms. The Hall–Kier alpha value is -2.66. The van der Waals surface area contributed by atoms with E-state index in [1.54, 1.807) is 18.3 Å². The van der Waals surface area contributed by atoms with E-state index >= 15 is 0 Å². The van der Waals surface area contributed by atoms with Crippen molar-refractivity contribution in [1.29, 1.82) is 0 Å². The molecule has 0 fully saturated rings. The number of amides is 1. The summed E-state index contributed by atoms with van der Waals surface area (Å²) >= 11 is 1.68. The highest BCUT2D eigenvalue weighted by Crippen LogP contribution is 2.39. The molecular weight excluding hydrogens is 356 g/mol. The lowest BCUT2D eigenvalue weighted by molar-refractivity contribution is -0.125. The monoisotopic (exact) mass is 378 g/mol. The van der Waals surface area contributed by atoms with Gasteiger partial charge in [0.15, 0.2) is 6.10 Å². The van der Waals surface area contributed by atoms with Gasteiger partial charge in [0.05, 0.1) is 22.9 Å². The normalized spacial score (nSPS) is 16.2. The number of hydrogen-bond donors (Lipinski definition) is 0. The van der Waals surface area contributed by atoms with Crippen molar-refractivity contribution in [3.8, 4) is 17.0 Å². The van der Waals surface area contributed by atoms with Crippen LogP contribution in [0.5, 0.6) is 5.75 Å². The topological polar surface area (TPSA) is 42.4 Å². The summed E-state index contributed by atoms with van der Waals surface area (Å²) in [6.07, 6.45) is -0.490. The number of rotatable bonds is 3. The van der Waals surface area contributed by atoms with Crippen LogP contribution in [0.4, 0.5) is 5.69 Å². The standard InChI is InChI=1S/C22H22N2O2S/c1-13-7-5-6-8-18(13)12-24-19-11-17(21-15(3)27-16(4)23-21)9-10-20(19)26-14(2)22(24)25/h5-11,14H,12H2,1-4H3. The van der Waals surface area contributed by atoms with Crippen LogP contribution in [0.3, 0.4) is 0 Å². The number of hydrogen-bond acceptors (Lipinski definition) is 4. The minimum Gasteiger partial charge on any atom is -0.479 e. The summed E-state index contributed by atoms with van der Waals surface area (Å²) in [5.41, 5.74) is 5.10. The van der Waals surface area contributed by atoms with Crippen molar-refractivity contribution in [3.63, 3.8) is 0 Å². The number of thiazole rings is 1. The van der Waals surface area contributed by atoms with Gasteiger partial charge in [0.25, 0.3) is 5.91 Å². The number of benzene rings is 2. The van der Waals surface area contributed by atoms with Gasteiger partial charge in [-0.05, 0) is 57.0 Å². The molecule has 0 aliphatic carbocycles. The molecule has 1 aliphatic heterocycles. The van der Waals surface area contributed by atoms with E-state index in [2.05, 4.69) is 31.0 Å². The first-order chi connectivity index (χ1) is 12.9. The molecule has 1 unspecified atom stereocenters. The van der Waals surface area contributed by atoms with E-state index in [0.717, 1.165) is 33.3 Å². The van der Waals surface area contributed by atoms with Crippen molar-refractivity contribution in [1.82, 2.24) is 4.98 Å². The van der Waals surface area contributed by atoms with Gasteiger partial charge in [-0.25, -0.2) is 4.98 Å². The summed E-state index contributed by atoms with van der Waals surface area (Å²) in [6, 6.07) is 14.2. The molecule has 4 rings (SSSR count). The number of fused-ring (bicyclic) bond motifs is 1. The van der Waals surface area contributed by atoms with Gasteiger partial charge >= 0.3 is 0 Å². The molecule has 0 spiro atoms. The minimum atomic E-state index is -0.490. The van der Waals surface area contributed by atoms with Crippen LogP contribution in [0.1, 0.15) is 27.9 Å². The average Bonchev–Trinajstić information content (AvgIpc) is 2.98. The number of anilines is 1. The molecule has 1 aromatic heterocycles. The lowest BCUT2D eigenvalue weighted by Crippen LogP contribution is -2.44. The van der Waals surface area contributed by atoms with Crippen molar-refractivity contribution in [2.24, 2.45) is 0 Å². The summed E-state index contributed by atoms with van der Waals surface area (Å²) in [4.78, 5) is 20.6. The molecule has 1 amide bonds. The van der Waals surface area contributed by atoms with Gasteiger partial charge in [0.1, 0.15) is 5.75 Å². The van der Waals surface area contributed by atoms with Gasteiger partial charge < -0.3 is 9.64 Å². The van der Waals surface area contributed by atoms with Crippen LogP contribution in [0.2, 0.25) is 0 Å². The third-order valence-electron chi connectivity index (χ3n) is 4.93. The highest BCUT2D eigenvalue weighted by atomic mass is 32.1. The first-order valence-electron chi connectivity index (χ1n) is 9.05. The van der Waals surface area contributed by atoms with Crippen LogP contribution >= 0.6 is 11.3 Å². The van der Waals surface area contributed by atoms with Crippen LogP contribution in [0.15, 0.2) is 42.5 Å². The molecular formula is C22H22N2O2S. The van der Waals surface area contributed by atoms with Gasteiger partial charge in [-0.15, -0.1) is 11.3 Å². The summed E-state index contributed by atoms with van der Waals surface area (Å²) in [6.45, 7) is 8.50. The second kappa shape index (κ2) is 6.82. The summed E-state index contributed by atoms with van der Waals surface area (Å²) in [5, 5.41) is 1.04. The smallest absolute Gasteiger partial charge is 0.268 e. The van der Waals surface area contributed by atoms with E-state index < -0.39 is 6.10 Å². The summed E-state index contributed by atoms with van der Waals surface area (Å²) < 4.78 is 5.86. The van der Waals surface area contributed by atoms with Gasteiger partial charge in [-0.2, -0.15) is 0 Å². The molecule has 0 radical (unpaired) electrons. The molecule has 0 N–H and O–H groups in total. The molecule has 0 bridgehead atoms. The fraction of sp³-hybridized carbons (Fsp3) is 0.273. The van der Waals surface area contributed by atoms with E-state index in [9.17, 15) is 4.79 Å². The van der Waals surface area contributed by atoms with Gasteiger partial charge in [-0.3, -0.25) is 4.79 Å². The zero-order chi connectivity index (χ0) is 19.1. The third kappa shape index (κ3) is 3.23. The molecule has 4 nitrogen and oxygen atoms in total. The number of aromatic nitrogens is 1. The maximum atomic E-state index is 12.9. The Morgan fingerprint density at radius 1 is 1.15 bits per heavy atom. The Bertz CT molecular complexity index is 1020. The molecule has 2 aromatic carbocycles. The third-order valence-corrected chi connectivity index (χ3v) is 5.82. The van der Waals surface area contributed by atoms with Crippen LogP contribution in [0.25, 0.3) is 11.3 Å². The van der Waals surface area contributed by atoms with Crippen molar-refractivity contribution < 1.29 is 9.53 Å². The lowest BCUT2D eigenvalue weighted by atomic mass is 10.0. The first-order valence-corrected chi connectivity index (χ1v) is 9.86. The quantitative estimate of drug-likeness (QED) is 0.640. The van der Waals surface area contributed by atoms with Gasteiger partial charge in [0.2, 0.25) is 0 Å². The van der Waals surface area contributed by atoms with Crippen LogP contribution in [0, 0.1) is 20.8 Å². The van der Waals surface area contributed by atoms with E-state index in [4.69, 9.17) is 4.74 Å². The van der Waals surface area contributed by atoms with E-state index in [1.807, 2.05) is 42.2 Å². The Morgan fingerprint density at radius 2 is 1.93 bits per heavy atom. The fourth-order valence-corrected chi connectivity index (χ4v) is 4.31. The molecule has 3 aromatic rings. The number of carbonyl (C=O) groups is 1. The van der Waals surface area contributed by atoms with Gasteiger partial charge in [0, 0.05) is 10.4 Å². The summed E-state index contributed by atoms with van der Waals surface area (Å²) in [7, 11) is 0. The zero-order valence-corrected chi connectivity index (χ0v) is 16.8. The SMILES string of the molecule is Cc1nc(-c2ccc3c(c2)N(Cc2ccccc2C)C(=O)C(C)O3)c(C)s1. The number of carbonyl (C=O) groups excluding carboxylic acids is 1. The second-order valence-electron chi connectivity index (χ2n) is 6.93. The van der Waals surface area contributed by atoms with Gasteiger partial charge in [-0.1, -0.05) is 24.3 Å². The fourth-order valence-electron chi connectivity index (χ4n) is 3.47. The predicted octanol–water partition coefficient (Wildman–Crippen LogP) is 5.05. The van der Waals surface area contributed by atoms with E-state index in [1.165, 1.54) is 10.4 Å². The lowest BCUT2D eigenvalue weighted by Gasteiger charge is -2.33. The average molecular weight is 378 g/mol. The number of nitrogens with zero attached hydrogens (tertiary/aromatic N) is 2. The Kier molecular flexibility index (Phi) is 4.48. The van der Waals surface area contributed by atoms with Crippen molar-refractivity contribution in [2.75, 3.05) is 4.90 Å². The molecule has 138 valence electrons. The molecule has 1 atom stereocenters. The minimum absolute atomic E-state index is 0.0194. The Balaban J connectivity index is 1.79. The maximum Gasteiger partial charge on any atom is 0.268 e. The summed E-state index contributed by atoms with van der Waals surface area (Å²) in [5.74, 6) is 0.720. The van der Waals surface area contributed by atoms with Crippen LogP contribution in [-0.4, -0.2) is 17.0 Å². The first kappa shape index (κ1) is 17.7.